The van der Waals surface area contributed by atoms with Crippen molar-refractivity contribution in [2.24, 2.45) is 0 Å². The van der Waals surface area contributed by atoms with E-state index in [-0.39, 0.29) is 16.2 Å². The van der Waals surface area contributed by atoms with Crippen LogP contribution in [0.4, 0.5) is 0 Å². The first-order valence-electron chi connectivity index (χ1n) is 15.7. The summed E-state index contributed by atoms with van der Waals surface area (Å²) in [6, 6.07) is 32.2. The fourth-order valence-corrected chi connectivity index (χ4v) is 7.19. The zero-order valence-electron chi connectivity index (χ0n) is 26.9. The second-order valence-corrected chi connectivity index (χ2v) is 14.9. The van der Waals surface area contributed by atoms with Gasteiger partial charge in [-0.2, -0.15) is 0 Å². The molecule has 0 aliphatic heterocycles. The van der Waals surface area contributed by atoms with Gasteiger partial charge in [-0.25, -0.2) is 0 Å². The Kier molecular flexibility index (Phi) is 6.96. The van der Waals surface area contributed by atoms with E-state index in [2.05, 4.69) is 152 Å². The van der Waals surface area contributed by atoms with E-state index in [1.807, 2.05) is 0 Å². The molecule has 0 heteroatoms. The van der Waals surface area contributed by atoms with Gasteiger partial charge in [-0.1, -0.05) is 145 Å². The Morgan fingerprint density at radius 2 is 1.26 bits per heavy atom. The van der Waals surface area contributed by atoms with E-state index in [0.717, 1.165) is 19.3 Å². The molecule has 0 radical (unpaired) electrons. The molecule has 0 atom stereocenters. The molecule has 0 unspecified atom stereocenters. The molecule has 2 aliphatic rings. The normalized spacial score (nSPS) is 14.9. The van der Waals surface area contributed by atoms with Gasteiger partial charge in [0.1, 0.15) is 0 Å². The van der Waals surface area contributed by atoms with Crippen LogP contribution in [0.2, 0.25) is 0 Å². The van der Waals surface area contributed by atoms with Gasteiger partial charge in [0, 0.05) is 5.41 Å². The minimum atomic E-state index is -0.172. The van der Waals surface area contributed by atoms with Crippen LogP contribution in [0.5, 0.6) is 0 Å². The lowest BCUT2D eigenvalue weighted by molar-refractivity contribution is 0.557. The Morgan fingerprint density at radius 3 is 1.79 bits per heavy atom. The molecule has 0 bridgehead atoms. The van der Waals surface area contributed by atoms with Crippen LogP contribution in [0.3, 0.4) is 0 Å². The summed E-state index contributed by atoms with van der Waals surface area (Å²) in [5.74, 6) is 0. The van der Waals surface area contributed by atoms with Crippen molar-refractivity contribution >= 4 is 5.57 Å². The summed E-state index contributed by atoms with van der Waals surface area (Å²) in [7, 11) is 0. The van der Waals surface area contributed by atoms with E-state index in [0.29, 0.717) is 0 Å². The first-order valence-corrected chi connectivity index (χ1v) is 15.7. The van der Waals surface area contributed by atoms with Crippen LogP contribution in [-0.2, 0) is 29.1 Å². The van der Waals surface area contributed by atoms with E-state index < -0.39 is 0 Å². The first kappa shape index (κ1) is 28.5. The average Bonchev–Trinajstić information content (AvgIpc) is 3.55. The maximum absolute atomic E-state index is 2.57. The van der Waals surface area contributed by atoms with E-state index in [1.54, 1.807) is 0 Å². The summed E-state index contributed by atoms with van der Waals surface area (Å²) in [6.45, 7) is 18.9. The molecule has 6 rings (SSSR count). The summed E-state index contributed by atoms with van der Waals surface area (Å²) in [6.07, 6.45) is 7.81. The molecule has 0 fully saturated rings. The van der Waals surface area contributed by atoms with Crippen molar-refractivity contribution in [3.63, 3.8) is 0 Å². The molecule has 0 aromatic heterocycles. The van der Waals surface area contributed by atoms with Gasteiger partial charge in [-0.05, 0) is 104 Å². The molecular weight excluding hydrogens is 504 g/mol. The van der Waals surface area contributed by atoms with Crippen molar-refractivity contribution in [2.45, 2.75) is 90.9 Å². The second kappa shape index (κ2) is 10.3. The molecule has 0 N–H and O–H groups in total. The third-order valence-electron chi connectivity index (χ3n) is 9.71. The highest BCUT2D eigenvalue weighted by molar-refractivity contribution is 5.86. The van der Waals surface area contributed by atoms with Gasteiger partial charge in [0.05, 0.1) is 0 Å². The molecule has 0 saturated carbocycles. The van der Waals surface area contributed by atoms with Crippen LogP contribution in [0.15, 0.2) is 103 Å². The molecule has 4 aromatic rings. The summed E-state index contributed by atoms with van der Waals surface area (Å²) < 4.78 is 0. The highest BCUT2D eigenvalue weighted by atomic mass is 14.4. The number of hydrogen-bond acceptors (Lipinski definition) is 0. The molecule has 214 valence electrons. The smallest absolute Gasteiger partial charge is 0.0215 e. The Hall–Kier alpha value is -3.64. The van der Waals surface area contributed by atoms with Gasteiger partial charge < -0.3 is 0 Å². The van der Waals surface area contributed by atoms with Crippen molar-refractivity contribution in [3.05, 3.63) is 147 Å². The molecule has 0 saturated heterocycles. The Morgan fingerprint density at radius 1 is 0.643 bits per heavy atom. The van der Waals surface area contributed by atoms with Crippen molar-refractivity contribution in [1.82, 2.24) is 0 Å². The lowest BCUT2D eigenvalue weighted by Crippen LogP contribution is -2.29. The lowest BCUT2D eigenvalue weighted by Gasteiger charge is -2.35. The largest absolute Gasteiger partial charge is 0.0772 e. The monoisotopic (exact) mass is 550 g/mol. The van der Waals surface area contributed by atoms with Gasteiger partial charge in [0.25, 0.3) is 0 Å². The molecule has 0 spiro atoms. The summed E-state index contributed by atoms with van der Waals surface area (Å²) >= 11 is 0. The zero-order chi connectivity index (χ0) is 29.9. The third-order valence-corrected chi connectivity index (χ3v) is 9.71. The highest BCUT2D eigenvalue weighted by Crippen LogP contribution is 2.50. The molecule has 4 aromatic carbocycles. The summed E-state index contributed by atoms with van der Waals surface area (Å²) in [4.78, 5) is 0. The number of hydrogen-bond donors (Lipinski definition) is 0. The minimum Gasteiger partial charge on any atom is -0.0772 e. The molecular formula is C42H46. The third kappa shape index (κ3) is 5.00. The van der Waals surface area contributed by atoms with Crippen LogP contribution in [0, 0.1) is 0 Å². The van der Waals surface area contributed by atoms with Gasteiger partial charge in [-0.15, -0.1) is 0 Å². The van der Waals surface area contributed by atoms with E-state index in [9.17, 15) is 0 Å². The number of allylic oxidation sites excluding steroid dienone is 4. The van der Waals surface area contributed by atoms with E-state index in [4.69, 9.17) is 0 Å². The van der Waals surface area contributed by atoms with Crippen molar-refractivity contribution in [1.29, 1.82) is 0 Å². The second-order valence-electron chi connectivity index (χ2n) is 14.9. The molecule has 0 nitrogen and oxygen atoms in total. The lowest BCUT2D eigenvalue weighted by atomic mass is 9.68. The van der Waals surface area contributed by atoms with E-state index >= 15 is 0 Å². The van der Waals surface area contributed by atoms with E-state index in [1.165, 1.54) is 66.8 Å². The number of fused-ring (bicyclic) bond motifs is 3. The maximum Gasteiger partial charge on any atom is 0.0215 e. The maximum atomic E-state index is 2.57. The quantitative estimate of drug-likeness (QED) is 0.204. The fourth-order valence-electron chi connectivity index (χ4n) is 7.19. The summed E-state index contributed by atoms with van der Waals surface area (Å²) in [5, 5.41) is 0. The first-order chi connectivity index (χ1) is 19.9. The van der Waals surface area contributed by atoms with Gasteiger partial charge in [0.15, 0.2) is 0 Å². The predicted molar refractivity (Wildman–Crippen MR) is 181 cm³/mol. The number of benzene rings is 4. The van der Waals surface area contributed by atoms with Crippen LogP contribution in [0.25, 0.3) is 16.7 Å². The standard InChI is InChI=1S/C42H46/c1-28-19-20-30(23-28)39-37(27-42(8,31-15-11-9-12-16-31)32-17-13-10-14-18-32)35-24-29-21-22-33(40(2,3)4)25-34(29)36(35)26-38(39)41(5,6)7/h9-19,21-23,25-26H,20,24,27H2,1-8H3. The predicted octanol–water partition coefficient (Wildman–Crippen LogP) is 11.1. The van der Waals surface area contributed by atoms with Gasteiger partial charge >= 0.3 is 0 Å². The molecule has 2 aliphatic carbocycles. The zero-order valence-corrected chi connectivity index (χ0v) is 26.9. The molecule has 0 heterocycles. The van der Waals surface area contributed by atoms with Crippen molar-refractivity contribution in [3.8, 4) is 11.1 Å². The van der Waals surface area contributed by atoms with Crippen molar-refractivity contribution < 1.29 is 0 Å². The van der Waals surface area contributed by atoms with Gasteiger partial charge in [0.2, 0.25) is 0 Å². The SMILES string of the molecule is CC1=CCC(c2c(C(C)(C)C)cc3c(c2CC(C)(c2ccccc2)c2ccccc2)Cc2ccc(C(C)(C)C)cc2-3)=C1. The minimum absolute atomic E-state index is 0.0106. The fraction of sp³-hybridized carbons (Fsp3) is 0.333. The summed E-state index contributed by atoms with van der Waals surface area (Å²) in [5.41, 5.74) is 17.4. The van der Waals surface area contributed by atoms with Gasteiger partial charge in [-0.3, -0.25) is 0 Å². The topological polar surface area (TPSA) is 0 Å². The Labute approximate surface area is 254 Å². The highest BCUT2D eigenvalue weighted by Gasteiger charge is 2.36. The van der Waals surface area contributed by atoms with Crippen LogP contribution in [-0.4, -0.2) is 0 Å². The molecule has 0 amide bonds. The van der Waals surface area contributed by atoms with Crippen LogP contribution < -0.4 is 0 Å². The number of rotatable bonds is 5. The van der Waals surface area contributed by atoms with Crippen LogP contribution >= 0.6 is 0 Å². The Balaban J connectivity index is 1.66. The Bertz CT molecular complexity index is 1660. The average molecular weight is 551 g/mol. The van der Waals surface area contributed by atoms with Crippen molar-refractivity contribution in [2.75, 3.05) is 0 Å². The molecule has 42 heavy (non-hydrogen) atoms. The van der Waals surface area contributed by atoms with Crippen LogP contribution in [0.1, 0.15) is 106 Å².